The van der Waals surface area contributed by atoms with Gasteiger partial charge in [0, 0.05) is 17.3 Å². The monoisotopic (exact) mass is 221 g/mol. The smallest absolute Gasteiger partial charge is 0.141 e. The van der Waals surface area contributed by atoms with Crippen LogP contribution in [0.1, 0.15) is 17.2 Å². The van der Waals surface area contributed by atoms with Gasteiger partial charge in [0.25, 0.3) is 0 Å². The molecule has 1 aromatic carbocycles. The quantitative estimate of drug-likeness (QED) is 0.844. The van der Waals surface area contributed by atoms with E-state index in [4.69, 9.17) is 0 Å². The minimum Gasteiger partial charge on any atom is -0.383 e. The van der Waals surface area contributed by atoms with Gasteiger partial charge in [0.05, 0.1) is 6.20 Å². The summed E-state index contributed by atoms with van der Waals surface area (Å²) in [6.45, 7) is 0. The Morgan fingerprint density at radius 3 is 2.56 bits per heavy atom. The van der Waals surface area contributed by atoms with Crippen LogP contribution in [0.2, 0.25) is 0 Å². The van der Waals surface area contributed by atoms with Gasteiger partial charge >= 0.3 is 0 Å². The number of nitrogens with zero attached hydrogens (tertiary/aromatic N) is 1. The van der Waals surface area contributed by atoms with Gasteiger partial charge in [-0.1, -0.05) is 18.2 Å². The Morgan fingerprint density at radius 1 is 1.12 bits per heavy atom. The molecule has 0 bridgehead atoms. The second kappa shape index (κ2) is 4.37. The fourth-order valence-electron chi connectivity index (χ4n) is 1.45. The summed E-state index contributed by atoms with van der Waals surface area (Å²) < 4.78 is 26.2. The molecule has 1 aromatic heterocycles. The highest BCUT2D eigenvalue weighted by molar-refractivity contribution is 5.29. The average molecular weight is 221 g/mol. The molecule has 0 fully saturated rings. The van der Waals surface area contributed by atoms with Crippen molar-refractivity contribution in [2.45, 2.75) is 6.10 Å². The minimum absolute atomic E-state index is 0.106. The van der Waals surface area contributed by atoms with Gasteiger partial charge < -0.3 is 5.11 Å². The van der Waals surface area contributed by atoms with E-state index in [2.05, 4.69) is 4.98 Å². The van der Waals surface area contributed by atoms with E-state index in [1.54, 1.807) is 6.07 Å². The Hall–Kier alpha value is -1.81. The van der Waals surface area contributed by atoms with Crippen LogP contribution in [0.5, 0.6) is 0 Å². The molecule has 0 aliphatic heterocycles. The number of aliphatic hydroxyl groups excluding tert-OH is 1. The number of aromatic nitrogens is 1. The van der Waals surface area contributed by atoms with Crippen LogP contribution in [0.15, 0.2) is 42.7 Å². The van der Waals surface area contributed by atoms with Gasteiger partial charge in [0.1, 0.15) is 17.7 Å². The SMILES string of the molecule is OC(c1cncc(F)c1)c1ccccc1F. The molecule has 0 spiro atoms. The van der Waals surface area contributed by atoms with Crippen molar-refractivity contribution in [1.82, 2.24) is 4.98 Å². The van der Waals surface area contributed by atoms with E-state index in [-0.39, 0.29) is 11.1 Å². The number of aliphatic hydroxyl groups is 1. The van der Waals surface area contributed by atoms with E-state index in [9.17, 15) is 13.9 Å². The third-order valence-electron chi connectivity index (χ3n) is 2.24. The standard InChI is InChI=1S/C12H9F2NO/c13-9-5-8(6-15-7-9)12(16)10-3-1-2-4-11(10)14/h1-7,12,16H. The summed E-state index contributed by atoms with van der Waals surface area (Å²) in [6, 6.07) is 6.95. The normalized spacial score (nSPS) is 12.4. The fourth-order valence-corrected chi connectivity index (χ4v) is 1.45. The molecule has 4 heteroatoms. The minimum atomic E-state index is -1.20. The lowest BCUT2D eigenvalue weighted by atomic mass is 10.0. The Kier molecular flexibility index (Phi) is 2.92. The van der Waals surface area contributed by atoms with Crippen LogP contribution in [0.4, 0.5) is 8.78 Å². The molecule has 2 rings (SSSR count). The maximum absolute atomic E-state index is 13.4. The fraction of sp³-hybridized carbons (Fsp3) is 0.0833. The zero-order chi connectivity index (χ0) is 11.5. The first-order chi connectivity index (χ1) is 7.68. The summed E-state index contributed by atoms with van der Waals surface area (Å²) in [5.41, 5.74) is 0.333. The van der Waals surface area contributed by atoms with Gasteiger partial charge in [-0.05, 0) is 12.1 Å². The molecule has 0 aliphatic rings. The lowest BCUT2D eigenvalue weighted by Crippen LogP contribution is -2.03. The molecule has 16 heavy (non-hydrogen) atoms. The zero-order valence-corrected chi connectivity index (χ0v) is 8.27. The Bertz CT molecular complexity index is 502. The van der Waals surface area contributed by atoms with Crippen molar-refractivity contribution < 1.29 is 13.9 Å². The van der Waals surface area contributed by atoms with Crippen LogP contribution in [-0.2, 0) is 0 Å². The number of benzene rings is 1. The summed E-state index contributed by atoms with van der Waals surface area (Å²) in [7, 11) is 0. The first-order valence-corrected chi connectivity index (χ1v) is 4.71. The Morgan fingerprint density at radius 2 is 1.88 bits per heavy atom. The van der Waals surface area contributed by atoms with Crippen molar-refractivity contribution in [3.63, 3.8) is 0 Å². The second-order valence-electron chi connectivity index (χ2n) is 3.36. The molecular weight excluding hydrogens is 212 g/mol. The third-order valence-corrected chi connectivity index (χ3v) is 2.24. The molecule has 2 nitrogen and oxygen atoms in total. The summed E-state index contributed by atoms with van der Waals surface area (Å²) in [5.74, 6) is -1.09. The maximum atomic E-state index is 13.4. The van der Waals surface area contributed by atoms with Gasteiger partial charge in [-0.15, -0.1) is 0 Å². The van der Waals surface area contributed by atoms with Crippen LogP contribution in [0.25, 0.3) is 0 Å². The predicted molar refractivity (Wildman–Crippen MR) is 54.7 cm³/mol. The van der Waals surface area contributed by atoms with Crippen LogP contribution >= 0.6 is 0 Å². The first kappa shape index (κ1) is 10.7. The number of halogens is 2. The first-order valence-electron chi connectivity index (χ1n) is 4.71. The van der Waals surface area contributed by atoms with E-state index in [0.29, 0.717) is 0 Å². The predicted octanol–water partition coefficient (Wildman–Crippen LogP) is 2.44. The number of pyridine rings is 1. The molecule has 0 amide bonds. The van der Waals surface area contributed by atoms with Crippen LogP contribution in [0, 0.1) is 11.6 Å². The van der Waals surface area contributed by atoms with E-state index >= 15 is 0 Å². The van der Waals surface area contributed by atoms with Gasteiger partial charge in [-0.3, -0.25) is 4.98 Å². The molecule has 2 aromatic rings. The summed E-state index contributed by atoms with van der Waals surface area (Å²) in [5, 5.41) is 9.85. The Labute approximate surface area is 91.2 Å². The molecule has 0 saturated heterocycles. The second-order valence-corrected chi connectivity index (χ2v) is 3.36. The van der Waals surface area contributed by atoms with E-state index in [1.807, 2.05) is 0 Å². The molecule has 0 saturated carbocycles. The van der Waals surface area contributed by atoms with Crippen molar-refractivity contribution in [3.05, 3.63) is 65.5 Å². The highest BCUT2D eigenvalue weighted by Gasteiger charge is 2.15. The highest BCUT2D eigenvalue weighted by Crippen LogP contribution is 2.23. The average Bonchev–Trinajstić information content (AvgIpc) is 2.29. The summed E-state index contributed by atoms with van der Waals surface area (Å²) >= 11 is 0. The van der Waals surface area contributed by atoms with Crippen molar-refractivity contribution in [2.24, 2.45) is 0 Å². The molecule has 1 heterocycles. The molecule has 1 unspecified atom stereocenters. The topological polar surface area (TPSA) is 33.1 Å². The molecule has 1 N–H and O–H groups in total. The van der Waals surface area contributed by atoms with Crippen molar-refractivity contribution in [2.75, 3.05) is 0 Å². The van der Waals surface area contributed by atoms with Crippen molar-refractivity contribution in [1.29, 1.82) is 0 Å². The van der Waals surface area contributed by atoms with Crippen LogP contribution in [0.3, 0.4) is 0 Å². The molecule has 0 aliphatic carbocycles. The van der Waals surface area contributed by atoms with Gasteiger partial charge in [-0.2, -0.15) is 0 Å². The van der Waals surface area contributed by atoms with Gasteiger partial charge in [0.15, 0.2) is 0 Å². The van der Waals surface area contributed by atoms with E-state index in [1.165, 1.54) is 24.4 Å². The lowest BCUT2D eigenvalue weighted by molar-refractivity contribution is 0.214. The molecule has 82 valence electrons. The maximum Gasteiger partial charge on any atom is 0.141 e. The number of rotatable bonds is 2. The number of hydrogen-bond acceptors (Lipinski definition) is 2. The van der Waals surface area contributed by atoms with Crippen molar-refractivity contribution >= 4 is 0 Å². The third kappa shape index (κ3) is 2.06. The molecule has 1 atom stereocenters. The molecule has 0 radical (unpaired) electrons. The van der Waals surface area contributed by atoms with E-state index in [0.717, 1.165) is 12.3 Å². The van der Waals surface area contributed by atoms with Crippen molar-refractivity contribution in [3.8, 4) is 0 Å². The summed E-state index contributed by atoms with van der Waals surface area (Å²) in [4.78, 5) is 3.60. The van der Waals surface area contributed by atoms with Gasteiger partial charge in [0.2, 0.25) is 0 Å². The van der Waals surface area contributed by atoms with Crippen LogP contribution < -0.4 is 0 Å². The highest BCUT2D eigenvalue weighted by atomic mass is 19.1. The van der Waals surface area contributed by atoms with E-state index < -0.39 is 17.7 Å². The molecular formula is C12H9F2NO. The number of hydrogen-bond donors (Lipinski definition) is 1. The largest absolute Gasteiger partial charge is 0.383 e. The van der Waals surface area contributed by atoms with Crippen LogP contribution in [-0.4, -0.2) is 10.1 Å². The van der Waals surface area contributed by atoms with Gasteiger partial charge in [-0.25, -0.2) is 8.78 Å². The summed E-state index contributed by atoms with van der Waals surface area (Å²) in [6.07, 6.45) is 1.13. The lowest BCUT2D eigenvalue weighted by Gasteiger charge is -2.11. The Balaban J connectivity index is 2.39. The zero-order valence-electron chi connectivity index (χ0n) is 8.27.